The number of rotatable bonds is 4. The second-order valence-electron chi connectivity index (χ2n) is 3.74. The van der Waals surface area contributed by atoms with Crippen molar-refractivity contribution in [2.24, 2.45) is 5.84 Å². The molecular weight excluding hydrogens is 282 g/mol. The number of amides is 1. The summed E-state index contributed by atoms with van der Waals surface area (Å²) in [7, 11) is 0. The number of thiazole rings is 1. The zero-order valence-electron chi connectivity index (χ0n) is 10.1. The molecule has 0 saturated carbocycles. The van der Waals surface area contributed by atoms with Gasteiger partial charge in [0.15, 0.2) is 10.8 Å². The molecule has 0 fully saturated rings. The highest BCUT2D eigenvalue weighted by Gasteiger charge is 2.12. The third-order valence-corrected chi connectivity index (χ3v) is 3.26. The number of carbonyl (C=O) groups excluding carboxylic acids is 1. The van der Waals surface area contributed by atoms with Crippen LogP contribution in [-0.4, -0.2) is 31.1 Å². The molecule has 3 heterocycles. The summed E-state index contributed by atoms with van der Waals surface area (Å²) >= 11 is 1.20. The van der Waals surface area contributed by atoms with Crippen molar-refractivity contribution in [1.29, 1.82) is 0 Å². The number of nitrogens with two attached hydrogens (primary N) is 1. The molecule has 0 aliphatic heterocycles. The Bertz CT molecular complexity index is 718. The Morgan fingerprint density at radius 3 is 3.20 bits per heavy atom. The minimum Gasteiger partial charge on any atom is -0.461 e. The van der Waals surface area contributed by atoms with E-state index in [0.29, 0.717) is 23.8 Å². The molecular formula is C10H9N7O2S. The number of nitrogens with zero attached hydrogens (tertiary/aromatic N) is 5. The summed E-state index contributed by atoms with van der Waals surface area (Å²) in [4.78, 5) is 16.8. The minimum atomic E-state index is -0.427. The van der Waals surface area contributed by atoms with Crippen molar-refractivity contribution in [2.75, 3.05) is 0 Å². The Balaban J connectivity index is 1.75. The molecule has 0 saturated heterocycles. The Morgan fingerprint density at radius 2 is 2.45 bits per heavy atom. The summed E-state index contributed by atoms with van der Waals surface area (Å²) < 4.78 is 5.17. The van der Waals surface area contributed by atoms with Crippen molar-refractivity contribution in [3.63, 3.8) is 0 Å². The van der Waals surface area contributed by atoms with E-state index in [1.54, 1.807) is 17.5 Å². The largest absolute Gasteiger partial charge is 0.461 e. The first kappa shape index (κ1) is 12.4. The molecule has 0 aliphatic rings. The van der Waals surface area contributed by atoms with Gasteiger partial charge in [-0.3, -0.25) is 10.2 Å². The summed E-state index contributed by atoms with van der Waals surface area (Å²) in [6.45, 7) is 0.308. The first-order valence-electron chi connectivity index (χ1n) is 5.53. The van der Waals surface area contributed by atoms with Crippen LogP contribution in [0.1, 0.15) is 15.5 Å². The SMILES string of the molecule is NNC(=O)c1nc(Cn2nnc(-c3ccco3)n2)cs1. The van der Waals surface area contributed by atoms with Gasteiger partial charge in [0.1, 0.15) is 6.54 Å². The van der Waals surface area contributed by atoms with Gasteiger partial charge < -0.3 is 4.42 Å². The molecule has 9 nitrogen and oxygen atoms in total. The summed E-state index contributed by atoms with van der Waals surface area (Å²) in [6.07, 6.45) is 1.54. The molecule has 0 spiro atoms. The fraction of sp³-hybridized carbons (Fsp3) is 0.100. The Morgan fingerprint density at radius 1 is 1.55 bits per heavy atom. The van der Waals surface area contributed by atoms with Crippen molar-refractivity contribution in [3.05, 3.63) is 34.5 Å². The maximum absolute atomic E-state index is 11.3. The Kier molecular flexibility index (Phi) is 3.23. The Labute approximate surface area is 116 Å². The van der Waals surface area contributed by atoms with Crippen molar-refractivity contribution in [3.8, 4) is 11.6 Å². The van der Waals surface area contributed by atoms with E-state index < -0.39 is 5.91 Å². The number of hydrazine groups is 1. The van der Waals surface area contributed by atoms with Gasteiger partial charge in [-0.25, -0.2) is 10.8 Å². The van der Waals surface area contributed by atoms with Gasteiger partial charge in [-0.1, -0.05) is 0 Å². The third-order valence-electron chi connectivity index (χ3n) is 2.37. The predicted octanol–water partition coefficient (Wildman–Crippen LogP) is 0.0414. The maximum Gasteiger partial charge on any atom is 0.294 e. The molecule has 3 N–H and O–H groups in total. The summed E-state index contributed by atoms with van der Waals surface area (Å²) in [5, 5.41) is 14.0. The van der Waals surface area contributed by atoms with Gasteiger partial charge in [0.2, 0.25) is 5.82 Å². The number of aromatic nitrogens is 5. The second-order valence-corrected chi connectivity index (χ2v) is 4.60. The monoisotopic (exact) mass is 291 g/mol. The molecule has 3 aromatic rings. The van der Waals surface area contributed by atoms with Crippen LogP contribution in [-0.2, 0) is 6.54 Å². The minimum absolute atomic E-state index is 0.286. The van der Waals surface area contributed by atoms with Gasteiger partial charge in [0.05, 0.1) is 12.0 Å². The highest BCUT2D eigenvalue weighted by atomic mass is 32.1. The van der Waals surface area contributed by atoms with Gasteiger partial charge in [-0.05, 0) is 17.3 Å². The molecule has 3 aromatic heterocycles. The van der Waals surface area contributed by atoms with Crippen molar-refractivity contribution in [2.45, 2.75) is 6.54 Å². The van der Waals surface area contributed by atoms with Crippen LogP contribution in [0.3, 0.4) is 0 Å². The van der Waals surface area contributed by atoms with Crippen molar-refractivity contribution >= 4 is 17.2 Å². The molecule has 20 heavy (non-hydrogen) atoms. The van der Waals surface area contributed by atoms with E-state index in [1.807, 2.05) is 5.43 Å². The predicted molar refractivity (Wildman–Crippen MR) is 68.4 cm³/mol. The molecule has 102 valence electrons. The molecule has 0 radical (unpaired) electrons. The van der Waals surface area contributed by atoms with Crippen molar-refractivity contribution in [1.82, 2.24) is 30.6 Å². The van der Waals surface area contributed by atoms with Gasteiger partial charge in [-0.15, -0.1) is 21.5 Å². The van der Waals surface area contributed by atoms with E-state index in [1.165, 1.54) is 22.4 Å². The van der Waals surface area contributed by atoms with E-state index in [9.17, 15) is 4.79 Å². The molecule has 1 amide bonds. The molecule has 0 unspecified atom stereocenters. The molecule has 0 aromatic carbocycles. The number of nitrogen functional groups attached to an aromatic ring is 1. The number of nitrogens with one attached hydrogen (secondary N) is 1. The highest BCUT2D eigenvalue weighted by Crippen LogP contribution is 2.14. The van der Waals surface area contributed by atoms with Crippen LogP contribution in [0, 0.1) is 0 Å². The number of tetrazole rings is 1. The van der Waals surface area contributed by atoms with Crippen LogP contribution in [0.2, 0.25) is 0 Å². The number of hydrogen-bond donors (Lipinski definition) is 2. The third kappa shape index (κ3) is 2.41. The van der Waals surface area contributed by atoms with Gasteiger partial charge >= 0.3 is 0 Å². The number of hydrogen-bond acceptors (Lipinski definition) is 8. The molecule has 0 bridgehead atoms. The smallest absolute Gasteiger partial charge is 0.294 e. The lowest BCUT2D eigenvalue weighted by molar-refractivity contribution is 0.0953. The zero-order chi connectivity index (χ0) is 13.9. The van der Waals surface area contributed by atoms with E-state index in [2.05, 4.69) is 20.4 Å². The average molecular weight is 291 g/mol. The molecule has 0 aliphatic carbocycles. The first-order valence-corrected chi connectivity index (χ1v) is 6.41. The lowest BCUT2D eigenvalue weighted by Gasteiger charge is -1.94. The first-order chi connectivity index (χ1) is 9.76. The molecule has 3 rings (SSSR count). The fourth-order valence-corrected chi connectivity index (χ4v) is 2.22. The van der Waals surface area contributed by atoms with Gasteiger partial charge in [-0.2, -0.15) is 4.80 Å². The fourth-order valence-electron chi connectivity index (χ4n) is 1.51. The lowest BCUT2D eigenvalue weighted by atomic mass is 10.4. The number of carbonyl (C=O) groups is 1. The van der Waals surface area contributed by atoms with E-state index in [-0.39, 0.29) is 5.01 Å². The van der Waals surface area contributed by atoms with Crippen LogP contribution < -0.4 is 11.3 Å². The second kappa shape index (κ2) is 5.19. The van der Waals surface area contributed by atoms with Crippen LogP contribution in [0.4, 0.5) is 0 Å². The molecule has 0 atom stereocenters. The van der Waals surface area contributed by atoms with Gasteiger partial charge in [0.25, 0.3) is 5.91 Å². The quantitative estimate of drug-likeness (QED) is 0.395. The van der Waals surface area contributed by atoms with E-state index >= 15 is 0 Å². The standard InChI is InChI=1S/C10H9N7O2S/c11-13-9(18)10-12-6(5-20-10)4-17-15-8(14-16-17)7-2-1-3-19-7/h1-3,5H,4,11H2,(H,13,18). The van der Waals surface area contributed by atoms with Crippen LogP contribution >= 0.6 is 11.3 Å². The van der Waals surface area contributed by atoms with E-state index in [4.69, 9.17) is 10.3 Å². The van der Waals surface area contributed by atoms with Crippen LogP contribution in [0.5, 0.6) is 0 Å². The maximum atomic E-state index is 11.3. The molecule has 10 heteroatoms. The van der Waals surface area contributed by atoms with Crippen molar-refractivity contribution < 1.29 is 9.21 Å². The zero-order valence-corrected chi connectivity index (χ0v) is 10.9. The van der Waals surface area contributed by atoms with E-state index in [0.717, 1.165) is 0 Å². The summed E-state index contributed by atoms with van der Waals surface area (Å²) in [6, 6.07) is 3.49. The number of furan rings is 1. The summed E-state index contributed by atoms with van der Waals surface area (Å²) in [5.74, 6) is 5.55. The lowest BCUT2D eigenvalue weighted by Crippen LogP contribution is -2.29. The normalized spacial score (nSPS) is 10.7. The van der Waals surface area contributed by atoms with Gasteiger partial charge in [0, 0.05) is 5.38 Å². The topological polar surface area (TPSA) is 125 Å². The average Bonchev–Trinajstić information content (AvgIpc) is 3.19. The summed E-state index contributed by atoms with van der Waals surface area (Å²) in [5.41, 5.74) is 2.68. The van der Waals surface area contributed by atoms with Crippen LogP contribution in [0.15, 0.2) is 28.2 Å². The Hall–Kier alpha value is -2.59. The highest BCUT2D eigenvalue weighted by molar-refractivity contribution is 7.11. The van der Waals surface area contributed by atoms with Crippen LogP contribution in [0.25, 0.3) is 11.6 Å².